The van der Waals surface area contributed by atoms with Gasteiger partial charge in [-0.15, -0.1) is 0 Å². The van der Waals surface area contributed by atoms with Gasteiger partial charge in [-0.1, -0.05) is 68.3 Å². The molecule has 1 atom stereocenters. The molecular formula is C32H41N3O5S. The molecule has 3 aromatic carbocycles. The van der Waals surface area contributed by atoms with Crippen LogP contribution in [0.15, 0.2) is 77.7 Å². The summed E-state index contributed by atoms with van der Waals surface area (Å²) in [5.74, 6) is 0.0186. The number of rotatable bonds is 13. The predicted molar refractivity (Wildman–Crippen MR) is 162 cm³/mol. The van der Waals surface area contributed by atoms with Crippen LogP contribution in [0.3, 0.4) is 0 Å². The number of benzene rings is 3. The summed E-state index contributed by atoms with van der Waals surface area (Å²) in [6, 6.07) is 20.0. The fourth-order valence-corrected chi connectivity index (χ4v) is 5.76. The molecule has 0 saturated heterocycles. The Morgan fingerprint density at radius 1 is 0.878 bits per heavy atom. The highest BCUT2D eigenvalue weighted by Gasteiger charge is 2.33. The van der Waals surface area contributed by atoms with Crippen LogP contribution in [0.5, 0.6) is 5.75 Å². The lowest BCUT2D eigenvalue weighted by molar-refractivity contribution is -0.140. The van der Waals surface area contributed by atoms with Crippen LogP contribution in [-0.2, 0) is 26.2 Å². The molecule has 0 aliphatic rings. The highest BCUT2D eigenvalue weighted by Crippen LogP contribution is 2.26. The highest BCUT2D eigenvalue weighted by molar-refractivity contribution is 7.92. The smallest absolute Gasteiger partial charge is 0.264 e. The number of aryl methyl sites for hydroxylation is 2. The van der Waals surface area contributed by atoms with Crippen molar-refractivity contribution in [2.45, 2.75) is 58.5 Å². The molecule has 0 aromatic heterocycles. The zero-order valence-electron chi connectivity index (χ0n) is 24.8. The minimum atomic E-state index is -4.14. The third kappa shape index (κ3) is 8.33. The van der Waals surface area contributed by atoms with Gasteiger partial charge < -0.3 is 15.0 Å². The second-order valence-corrected chi connectivity index (χ2v) is 12.5. The van der Waals surface area contributed by atoms with E-state index in [9.17, 15) is 18.0 Å². The number of amides is 2. The number of nitrogens with zero attached hydrogens (tertiary/aromatic N) is 2. The summed E-state index contributed by atoms with van der Waals surface area (Å²) in [5, 5.41) is 2.94. The van der Waals surface area contributed by atoms with Crippen molar-refractivity contribution in [1.82, 2.24) is 10.2 Å². The molecule has 3 rings (SSSR count). The third-order valence-corrected chi connectivity index (χ3v) is 8.58. The van der Waals surface area contributed by atoms with E-state index in [1.165, 1.54) is 24.1 Å². The number of carbonyl (C=O) groups is 2. The van der Waals surface area contributed by atoms with Crippen molar-refractivity contribution in [1.29, 1.82) is 0 Å². The quantitative estimate of drug-likeness (QED) is 0.305. The van der Waals surface area contributed by atoms with Gasteiger partial charge in [0, 0.05) is 13.1 Å². The van der Waals surface area contributed by atoms with Gasteiger partial charge in [0.2, 0.25) is 11.8 Å². The SMILES string of the molecule is CCC(C(=O)NCC(C)C)N(Cc1ccc(C)cc1)C(=O)CN(c1ccc(C)cc1)S(=O)(=O)c1ccc(OC)cc1. The third-order valence-electron chi connectivity index (χ3n) is 6.79. The molecule has 0 bridgehead atoms. The largest absolute Gasteiger partial charge is 0.497 e. The molecule has 1 N–H and O–H groups in total. The van der Waals surface area contributed by atoms with Crippen molar-refractivity contribution in [3.63, 3.8) is 0 Å². The molecule has 0 aliphatic carbocycles. The molecule has 9 heteroatoms. The molecule has 0 heterocycles. The summed E-state index contributed by atoms with van der Waals surface area (Å²) in [4.78, 5) is 28.9. The monoisotopic (exact) mass is 579 g/mol. The zero-order valence-corrected chi connectivity index (χ0v) is 25.6. The van der Waals surface area contributed by atoms with Crippen LogP contribution in [0.25, 0.3) is 0 Å². The van der Waals surface area contributed by atoms with Gasteiger partial charge in [0.1, 0.15) is 18.3 Å². The van der Waals surface area contributed by atoms with Crippen LogP contribution in [0.1, 0.15) is 43.9 Å². The van der Waals surface area contributed by atoms with Gasteiger partial charge in [0.25, 0.3) is 10.0 Å². The Labute approximate surface area is 244 Å². The fourth-order valence-electron chi connectivity index (χ4n) is 4.35. The number of anilines is 1. The Bertz CT molecular complexity index is 1400. The molecule has 0 fully saturated rings. The first-order valence-corrected chi connectivity index (χ1v) is 15.3. The predicted octanol–water partition coefficient (Wildman–Crippen LogP) is 5.09. The Morgan fingerprint density at radius 2 is 1.44 bits per heavy atom. The average molecular weight is 580 g/mol. The molecule has 1 unspecified atom stereocenters. The lowest BCUT2D eigenvalue weighted by atomic mass is 10.1. The first-order chi connectivity index (χ1) is 19.5. The number of sulfonamides is 1. The van der Waals surface area contributed by atoms with Crippen LogP contribution in [0, 0.1) is 19.8 Å². The van der Waals surface area contributed by atoms with Crippen LogP contribution in [-0.4, -0.2) is 51.4 Å². The van der Waals surface area contributed by atoms with Crippen LogP contribution >= 0.6 is 0 Å². The van der Waals surface area contributed by atoms with Gasteiger partial charge in [-0.05, 0) is 68.1 Å². The number of nitrogens with one attached hydrogen (secondary N) is 1. The number of carbonyl (C=O) groups excluding carboxylic acids is 2. The van der Waals surface area contributed by atoms with Gasteiger partial charge in [-0.25, -0.2) is 8.42 Å². The first-order valence-electron chi connectivity index (χ1n) is 13.8. The summed E-state index contributed by atoms with van der Waals surface area (Å²) >= 11 is 0. The highest BCUT2D eigenvalue weighted by atomic mass is 32.2. The van der Waals surface area contributed by atoms with Crippen LogP contribution in [0.4, 0.5) is 5.69 Å². The van der Waals surface area contributed by atoms with Crippen LogP contribution in [0.2, 0.25) is 0 Å². The number of hydrogen-bond acceptors (Lipinski definition) is 5. The van der Waals surface area contributed by atoms with Crippen molar-refractivity contribution in [3.8, 4) is 5.75 Å². The van der Waals surface area contributed by atoms with E-state index in [1.807, 2.05) is 58.9 Å². The van der Waals surface area contributed by atoms with Gasteiger partial charge in [0.15, 0.2) is 0 Å². The summed E-state index contributed by atoms with van der Waals surface area (Å²) in [6.07, 6.45) is 0.372. The van der Waals surface area contributed by atoms with Crippen molar-refractivity contribution in [2.24, 2.45) is 5.92 Å². The molecule has 3 aromatic rings. The summed E-state index contributed by atoms with van der Waals surface area (Å²) < 4.78 is 34.2. The lowest BCUT2D eigenvalue weighted by Crippen LogP contribution is -2.52. The van der Waals surface area contributed by atoms with E-state index in [1.54, 1.807) is 36.4 Å². The zero-order chi connectivity index (χ0) is 30.2. The molecule has 0 aliphatic heterocycles. The Morgan fingerprint density at radius 3 is 1.95 bits per heavy atom. The van der Waals surface area contributed by atoms with Gasteiger partial charge >= 0.3 is 0 Å². The van der Waals surface area contributed by atoms with E-state index in [4.69, 9.17) is 4.74 Å². The Balaban J connectivity index is 2.03. The molecule has 220 valence electrons. The van der Waals surface area contributed by atoms with Crippen LogP contribution < -0.4 is 14.4 Å². The van der Waals surface area contributed by atoms with Gasteiger partial charge in [-0.3, -0.25) is 13.9 Å². The topological polar surface area (TPSA) is 96.0 Å². The molecule has 8 nitrogen and oxygen atoms in total. The summed E-state index contributed by atoms with van der Waals surface area (Å²) in [6.45, 7) is 9.89. The average Bonchev–Trinajstić information content (AvgIpc) is 2.96. The van der Waals surface area contributed by atoms with Crippen molar-refractivity contribution >= 4 is 27.5 Å². The Kier molecular flexibility index (Phi) is 10.9. The van der Waals surface area contributed by atoms with E-state index < -0.39 is 28.5 Å². The lowest BCUT2D eigenvalue weighted by Gasteiger charge is -2.33. The number of ether oxygens (including phenoxy) is 1. The first kappa shape index (κ1) is 31.7. The number of hydrogen-bond donors (Lipinski definition) is 1. The molecule has 41 heavy (non-hydrogen) atoms. The van der Waals surface area contributed by atoms with E-state index in [2.05, 4.69) is 5.32 Å². The number of methoxy groups -OCH3 is 1. The second-order valence-electron chi connectivity index (χ2n) is 10.6. The van der Waals surface area contributed by atoms with Gasteiger partial charge in [-0.2, -0.15) is 0 Å². The standard InChI is InChI=1S/C32H41N3O5S/c1-7-30(32(37)33-20-23(2)3)34(21-26-12-8-24(4)9-13-26)31(36)22-35(27-14-10-25(5)11-15-27)41(38,39)29-18-16-28(40-6)17-19-29/h8-19,23,30H,7,20-22H2,1-6H3,(H,33,37). The maximum absolute atomic E-state index is 14.1. The van der Waals surface area contributed by atoms with E-state index in [0.717, 1.165) is 21.0 Å². The minimum absolute atomic E-state index is 0.0264. The molecular weight excluding hydrogens is 538 g/mol. The van der Waals surface area contributed by atoms with Crippen molar-refractivity contribution in [3.05, 3.63) is 89.5 Å². The van der Waals surface area contributed by atoms with Gasteiger partial charge in [0.05, 0.1) is 17.7 Å². The molecule has 0 spiro atoms. The van der Waals surface area contributed by atoms with E-state index in [0.29, 0.717) is 24.4 Å². The van der Waals surface area contributed by atoms with Crippen molar-refractivity contribution in [2.75, 3.05) is 24.5 Å². The summed E-state index contributed by atoms with van der Waals surface area (Å²) in [5.41, 5.74) is 3.23. The molecule has 2 amide bonds. The van der Waals surface area contributed by atoms with Crippen molar-refractivity contribution < 1.29 is 22.7 Å². The molecule has 0 saturated carbocycles. The maximum Gasteiger partial charge on any atom is 0.264 e. The minimum Gasteiger partial charge on any atom is -0.497 e. The second kappa shape index (κ2) is 14.2. The van der Waals surface area contributed by atoms with E-state index >= 15 is 0 Å². The molecule has 0 radical (unpaired) electrons. The normalized spacial score (nSPS) is 12.1. The maximum atomic E-state index is 14.1. The fraction of sp³-hybridized carbons (Fsp3) is 0.375. The summed E-state index contributed by atoms with van der Waals surface area (Å²) in [7, 11) is -2.64. The Hall–Kier alpha value is -3.85. The van der Waals surface area contributed by atoms with E-state index in [-0.39, 0.29) is 23.3 Å².